The van der Waals surface area contributed by atoms with Crippen LogP contribution in [0.4, 0.5) is 0 Å². The molecule has 2 heterocycles. The molecule has 0 unspecified atom stereocenters. The Labute approximate surface area is 114 Å². The van der Waals surface area contributed by atoms with Crippen LogP contribution in [0.15, 0.2) is 42.7 Å². The van der Waals surface area contributed by atoms with Crippen LogP contribution in [0.3, 0.4) is 0 Å². The van der Waals surface area contributed by atoms with E-state index < -0.39 is 0 Å². The van der Waals surface area contributed by atoms with Crippen LogP contribution < -0.4 is 5.32 Å². The first-order valence-corrected chi connectivity index (χ1v) is 7.11. The predicted molar refractivity (Wildman–Crippen MR) is 76.9 cm³/mol. The van der Waals surface area contributed by atoms with E-state index in [4.69, 9.17) is 0 Å². The zero-order chi connectivity index (χ0) is 13.1. The summed E-state index contributed by atoms with van der Waals surface area (Å²) in [6.07, 6.45) is 6.72. The number of hydrogen-bond donors (Lipinski definition) is 1. The quantitative estimate of drug-likeness (QED) is 0.913. The van der Waals surface area contributed by atoms with E-state index in [0.717, 1.165) is 19.0 Å². The normalized spacial score (nSPS) is 23.4. The number of nitrogens with one attached hydrogen (secondary N) is 1. The van der Waals surface area contributed by atoms with Gasteiger partial charge in [0.05, 0.1) is 12.7 Å². The minimum absolute atomic E-state index is 0.487. The van der Waals surface area contributed by atoms with Gasteiger partial charge in [-0.15, -0.1) is 0 Å². The van der Waals surface area contributed by atoms with Crippen molar-refractivity contribution in [1.82, 2.24) is 15.1 Å². The van der Waals surface area contributed by atoms with E-state index >= 15 is 0 Å². The van der Waals surface area contributed by atoms with Gasteiger partial charge in [0.25, 0.3) is 0 Å². The fourth-order valence-electron chi connectivity index (χ4n) is 2.70. The molecule has 3 nitrogen and oxygen atoms in total. The second-order valence-corrected chi connectivity index (χ2v) is 5.60. The van der Waals surface area contributed by atoms with Gasteiger partial charge in [-0.1, -0.05) is 37.3 Å². The lowest BCUT2D eigenvalue weighted by Gasteiger charge is -2.26. The highest BCUT2D eigenvalue weighted by Crippen LogP contribution is 2.25. The number of benzene rings is 1. The van der Waals surface area contributed by atoms with Crippen LogP contribution in [0.25, 0.3) is 0 Å². The molecule has 19 heavy (non-hydrogen) atoms. The Morgan fingerprint density at radius 2 is 2.11 bits per heavy atom. The van der Waals surface area contributed by atoms with Crippen LogP contribution in [-0.2, 0) is 6.54 Å². The standard InChI is InChI=1S/C16H21N3/c1-13-7-8-16(17-9-13)15-10-18-19(12-15)11-14-5-3-2-4-6-14/h2-6,10,12-13,16-17H,7-9,11H2,1H3/t13-,16+/m1/s1. The Bertz CT molecular complexity index is 510. The first kappa shape index (κ1) is 12.4. The molecule has 1 saturated heterocycles. The molecule has 0 spiro atoms. The van der Waals surface area contributed by atoms with Gasteiger partial charge in [0.1, 0.15) is 0 Å². The van der Waals surface area contributed by atoms with Crippen LogP contribution in [0.5, 0.6) is 0 Å². The van der Waals surface area contributed by atoms with Crippen molar-refractivity contribution >= 4 is 0 Å². The van der Waals surface area contributed by atoms with Gasteiger partial charge in [-0.3, -0.25) is 4.68 Å². The second-order valence-electron chi connectivity index (χ2n) is 5.60. The first-order valence-electron chi connectivity index (χ1n) is 7.11. The molecule has 2 atom stereocenters. The third-order valence-corrected chi connectivity index (χ3v) is 3.90. The molecule has 3 heteroatoms. The molecule has 0 saturated carbocycles. The van der Waals surface area contributed by atoms with Gasteiger partial charge in [0.15, 0.2) is 0 Å². The van der Waals surface area contributed by atoms with Crippen molar-refractivity contribution in [2.75, 3.05) is 6.54 Å². The van der Waals surface area contributed by atoms with Crippen molar-refractivity contribution in [3.05, 3.63) is 53.9 Å². The number of rotatable bonds is 3. The Kier molecular flexibility index (Phi) is 3.65. The molecule has 1 N–H and O–H groups in total. The molecule has 3 rings (SSSR count). The predicted octanol–water partition coefficient (Wildman–Crippen LogP) is 2.99. The molecular formula is C16H21N3. The first-order chi connectivity index (χ1) is 9.31. The number of piperidine rings is 1. The van der Waals surface area contributed by atoms with Crippen LogP contribution in [-0.4, -0.2) is 16.3 Å². The minimum Gasteiger partial charge on any atom is -0.310 e. The zero-order valence-electron chi connectivity index (χ0n) is 11.4. The highest BCUT2D eigenvalue weighted by molar-refractivity contribution is 5.17. The fraction of sp³-hybridized carbons (Fsp3) is 0.438. The van der Waals surface area contributed by atoms with E-state index in [1.54, 1.807) is 0 Å². The molecule has 1 aliphatic rings. The van der Waals surface area contributed by atoms with Crippen LogP contribution in [0, 0.1) is 5.92 Å². The summed E-state index contributed by atoms with van der Waals surface area (Å²) in [5.41, 5.74) is 2.62. The van der Waals surface area contributed by atoms with Crippen LogP contribution in [0.1, 0.15) is 36.9 Å². The van der Waals surface area contributed by atoms with Crippen LogP contribution in [0.2, 0.25) is 0 Å². The summed E-state index contributed by atoms with van der Waals surface area (Å²) in [5.74, 6) is 0.801. The topological polar surface area (TPSA) is 29.9 Å². The smallest absolute Gasteiger partial charge is 0.0659 e. The van der Waals surface area contributed by atoms with Gasteiger partial charge in [-0.05, 0) is 30.9 Å². The van der Waals surface area contributed by atoms with E-state index in [0.29, 0.717) is 6.04 Å². The number of nitrogens with zero attached hydrogens (tertiary/aromatic N) is 2. The Balaban J connectivity index is 1.66. The van der Waals surface area contributed by atoms with Crippen molar-refractivity contribution in [1.29, 1.82) is 0 Å². The van der Waals surface area contributed by atoms with Crippen molar-refractivity contribution in [3.8, 4) is 0 Å². The Morgan fingerprint density at radius 3 is 2.84 bits per heavy atom. The summed E-state index contributed by atoms with van der Waals surface area (Å²) < 4.78 is 2.03. The molecule has 1 aromatic carbocycles. The summed E-state index contributed by atoms with van der Waals surface area (Å²) in [4.78, 5) is 0. The molecule has 1 fully saturated rings. The third-order valence-electron chi connectivity index (χ3n) is 3.90. The molecule has 0 bridgehead atoms. The molecule has 1 aromatic heterocycles. The second kappa shape index (κ2) is 5.57. The summed E-state index contributed by atoms with van der Waals surface area (Å²) >= 11 is 0. The minimum atomic E-state index is 0.487. The van der Waals surface area contributed by atoms with Crippen molar-refractivity contribution in [2.45, 2.75) is 32.4 Å². The molecule has 0 radical (unpaired) electrons. The van der Waals surface area contributed by atoms with E-state index in [1.165, 1.54) is 24.0 Å². The SMILES string of the molecule is C[C@@H]1CC[C@@H](c2cnn(Cc3ccccc3)c2)NC1. The summed E-state index contributed by atoms with van der Waals surface area (Å²) in [6, 6.07) is 11.0. The van der Waals surface area contributed by atoms with Crippen molar-refractivity contribution < 1.29 is 0 Å². The summed E-state index contributed by atoms with van der Waals surface area (Å²) in [6.45, 7) is 4.28. The van der Waals surface area contributed by atoms with Gasteiger partial charge in [-0.2, -0.15) is 5.10 Å². The maximum atomic E-state index is 4.48. The van der Waals surface area contributed by atoms with E-state index in [1.807, 2.05) is 16.9 Å². The van der Waals surface area contributed by atoms with E-state index in [-0.39, 0.29) is 0 Å². The lowest BCUT2D eigenvalue weighted by Crippen LogP contribution is -2.31. The lowest BCUT2D eigenvalue weighted by atomic mass is 9.94. The van der Waals surface area contributed by atoms with Gasteiger partial charge < -0.3 is 5.32 Å². The lowest BCUT2D eigenvalue weighted by molar-refractivity contribution is 0.333. The monoisotopic (exact) mass is 255 g/mol. The van der Waals surface area contributed by atoms with Gasteiger partial charge in [-0.25, -0.2) is 0 Å². The Morgan fingerprint density at radius 1 is 1.26 bits per heavy atom. The average molecular weight is 255 g/mol. The molecule has 0 aliphatic carbocycles. The van der Waals surface area contributed by atoms with Crippen LogP contribution >= 0.6 is 0 Å². The van der Waals surface area contributed by atoms with Gasteiger partial charge >= 0.3 is 0 Å². The number of aromatic nitrogens is 2. The van der Waals surface area contributed by atoms with Crippen molar-refractivity contribution in [2.24, 2.45) is 5.92 Å². The van der Waals surface area contributed by atoms with Crippen molar-refractivity contribution in [3.63, 3.8) is 0 Å². The number of hydrogen-bond acceptors (Lipinski definition) is 2. The van der Waals surface area contributed by atoms with E-state index in [2.05, 4.69) is 47.8 Å². The molecule has 100 valence electrons. The average Bonchev–Trinajstić information content (AvgIpc) is 2.89. The third kappa shape index (κ3) is 3.04. The van der Waals surface area contributed by atoms with E-state index in [9.17, 15) is 0 Å². The van der Waals surface area contributed by atoms with Gasteiger partial charge in [0, 0.05) is 17.8 Å². The zero-order valence-corrected chi connectivity index (χ0v) is 11.4. The summed E-state index contributed by atoms with van der Waals surface area (Å²) in [5, 5.41) is 8.09. The van der Waals surface area contributed by atoms with Gasteiger partial charge in [0.2, 0.25) is 0 Å². The molecular weight excluding hydrogens is 234 g/mol. The maximum absolute atomic E-state index is 4.48. The Hall–Kier alpha value is -1.61. The molecule has 2 aromatic rings. The fourth-order valence-corrected chi connectivity index (χ4v) is 2.70. The highest BCUT2D eigenvalue weighted by Gasteiger charge is 2.19. The summed E-state index contributed by atoms with van der Waals surface area (Å²) in [7, 11) is 0. The highest BCUT2D eigenvalue weighted by atomic mass is 15.3. The largest absolute Gasteiger partial charge is 0.310 e. The maximum Gasteiger partial charge on any atom is 0.0659 e. The molecule has 1 aliphatic heterocycles. The molecule has 0 amide bonds.